The number of hydrogen-bond acceptors (Lipinski definition) is 2. The lowest BCUT2D eigenvalue weighted by atomic mass is 10.0. The van der Waals surface area contributed by atoms with Gasteiger partial charge in [0.25, 0.3) is 0 Å². The summed E-state index contributed by atoms with van der Waals surface area (Å²) in [5.74, 6) is 0.567. The van der Waals surface area contributed by atoms with Crippen molar-refractivity contribution in [3.8, 4) is 5.75 Å². The number of nitrogens with one attached hydrogen (secondary N) is 1. The van der Waals surface area contributed by atoms with Crippen LogP contribution in [0.1, 0.15) is 20.3 Å². The molecule has 1 aromatic rings. The Labute approximate surface area is 107 Å². The third-order valence-electron chi connectivity index (χ3n) is 2.57. The van der Waals surface area contributed by atoms with E-state index in [0.29, 0.717) is 22.4 Å². The van der Waals surface area contributed by atoms with E-state index in [9.17, 15) is 0 Å². The van der Waals surface area contributed by atoms with Gasteiger partial charge < -0.3 is 10.1 Å². The third-order valence-corrected chi connectivity index (χ3v) is 3.16. The molecule has 0 aliphatic rings. The fourth-order valence-corrected chi connectivity index (χ4v) is 1.66. The summed E-state index contributed by atoms with van der Waals surface area (Å²) in [5, 5.41) is 4.31. The van der Waals surface area contributed by atoms with Gasteiger partial charge in [0.2, 0.25) is 0 Å². The molecular weight excluding hydrogens is 245 g/mol. The van der Waals surface area contributed by atoms with Crippen molar-refractivity contribution in [1.82, 2.24) is 5.32 Å². The summed E-state index contributed by atoms with van der Waals surface area (Å²) in [7, 11) is 1.93. The number of benzene rings is 1. The van der Waals surface area contributed by atoms with Crippen LogP contribution in [0, 0.1) is 0 Å². The quantitative estimate of drug-likeness (QED) is 0.872. The lowest BCUT2D eigenvalue weighted by Gasteiger charge is -2.24. The van der Waals surface area contributed by atoms with E-state index in [0.717, 1.165) is 6.42 Å². The fraction of sp³-hybridized carbons (Fsp3) is 0.500. The molecule has 16 heavy (non-hydrogen) atoms. The first-order valence-corrected chi connectivity index (χ1v) is 5.97. The van der Waals surface area contributed by atoms with Gasteiger partial charge >= 0.3 is 0 Å². The third kappa shape index (κ3) is 3.85. The van der Waals surface area contributed by atoms with E-state index in [-0.39, 0.29) is 5.54 Å². The van der Waals surface area contributed by atoms with Crippen LogP contribution in [0.15, 0.2) is 18.2 Å². The molecule has 0 amide bonds. The molecule has 0 aliphatic heterocycles. The molecule has 4 heteroatoms. The van der Waals surface area contributed by atoms with Crippen LogP contribution in [0.5, 0.6) is 5.75 Å². The highest BCUT2D eigenvalue weighted by Gasteiger charge is 2.15. The maximum Gasteiger partial charge on any atom is 0.156 e. The van der Waals surface area contributed by atoms with Gasteiger partial charge in [0, 0.05) is 5.54 Å². The van der Waals surface area contributed by atoms with Crippen LogP contribution < -0.4 is 10.1 Å². The van der Waals surface area contributed by atoms with E-state index < -0.39 is 0 Å². The standard InChI is InChI=1S/C12H17Cl2NO/c1-12(2,15-3)7-8-16-11-9(13)5-4-6-10(11)14/h4-6,15H,7-8H2,1-3H3. The van der Waals surface area contributed by atoms with Crippen molar-refractivity contribution in [3.63, 3.8) is 0 Å². The lowest BCUT2D eigenvalue weighted by molar-refractivity contribution is 0.256. The molecular formula is C12H17Cl2NO. The zero-order chi connectivity index (χ0) is 12.2. The first-order valence-electron chi connectivity index (χ1n) is 5.22. The van der Waals surface area contributed by atoms with Gasteiger partial charge in [0.1, 0.15) is 0 Å². The fourth-order valence-electron chi connectivity index (χ4n) is 1.15. The van der Waals surface area contributed by atoms with E-state index >= 15 is 0 Å². The van der Waals surface area contributed by atoms with E-state index in [1.54, 1.807) is 18.2 Å². The Hall–Kier alpha value is -0.440. The first kappa shape index (κ1) is 13.6. The molecule has 1 N–H and O–H groups in total. The lowest BCUT2D eigenvalue weighted by Crippen LogP contribution is -2.37. The zero-order valence-electron chi connectivity index (χ0n) is 9.81. The SMILES string of the molecule is CNC(C)(C)CCOc1c(Cl)cccc1Cl. The summed E-state index contributed by atoms with van der Waals surface area (Å²) in [6, 6.07) is 5.34. The Morgan fingerprint density at radius 2 is 1.81 bits per heavy atom. The second-order valence-corrected chi connectivity index (χ2v) is 5.10. The number of ether oxygens (including phenoxy) is 1. The summed E-state index contributed by atoms with van der Waals surface area (Å²) < 4.78 is 5.60. The van der Waals surface area contributed by atoms with Crippen molar-refractivity contribution in [2.45, 2.75) is 25.8 Å². The van der Waals surface area contributed by atoms with Crippen molar-refractivity contribution in [1.29, 1.82) is 0 Å². The van der Waals surface area contributed by atoms with Gasteiger partial charge in [-0.3, -0.25) is 0 Å². The molecule has 0 fully saturated rings. The maximum atomic E-state index is 5.99. The van der Waals surface area contributed by atoms with Crippen molar-refractivity contribution in [2.75, 3.05) is 13.7 Å². The predicted molar refractivity (Wildman–Crippen MR) is 69.7 cm³/mol. The van der Waals surface area contributed by atoms with E-state index in [1.807, 2.05) is 7.05 Å². The Kier molecular flexibility index (Phi) is 4.90. The Morgan fingerprint density at radius 1 is 1.25 bits per heavy atom. The van der Waals surface area contributed by atoms with Gasteiger partial charge in [-0.2, -0.15) is 0 Å². The van der Waals surface area contributed by atoms with Crippen LogP contribution in [0.25, 0.3) is 0 Å². The second kappa shape index (κ2) is 5.76. The Balaban J connectivity index is 2.56. The molecule has 90 valence electrons. The van der Waals surface area contributed by atoms with Crippen molar-refractivity contribution >= 4 is 23.2 Å². The minimum atomic E-state index is 0.0493. The van der Waals surface area contributed by atoms with Gasteiger partial charge in [-0.1, -0.05) is 29.3 Å². The van der Waals surface area contributed by atoms with Gasteiger partial charge in [0.15, 0.2) is 5.75 Å². The van der Waals surface area contributed by atoms with E-state index in [2.05, 4.69) is 19.2 Å². The normalized spacial score (nSPS) is 11.6. The number of rotatable bonds is 5. The molecule has 1 aromatic carbocycles. The summed E-state index contributed by atoms with van der Waals surface area (Å²) in [4.78, 5) is 0. The van der Waals surface area contributed by atoms with Gasteiger partial charge in [-0.15, -0.1) is 0 Å². The first-order chi connectivity index (χ1) is 7.46. The average molecular weight is 262 g/mol. The molecule has 2 nitrogen and oxygen atoms in total. The molecule has 0 spiro atoms. The molecule has 0 radical (unpaired) electrons. The molecule has 0 atom stereocenters. The van der Waals surface area contributed by atoms with Crippen molar-refractivity contribution in [3.05, 3.63) is 28.2 Å². The molecule has 0 heterocycles. The van der Waals surface area contributed by atoms with Crippen LogP contribution in [0.3, 0.4) is 0 Å². The number of halogens is 2. The van der Waals surface area contributed by atoms with Crippen LogP contribution in [0.4, 0.5) is 0 Å². The van der Waals surface area contributed by atoms with Crippen LogP contribution in [-0.4, -0.2) is 19.2 Å². The summed E-state index contributed by atoms with van der Waals surface area (Å²) >= 11 is 12.0. The average Bonchev–Trinajstić information content (AvgIpc) is 2.22. The number of para-hydroxylation sites is 1. The van der Waals surface area contributed by atoms with E-state index in [4.69, 9.17) is 27.9 Å². The predicted octanol–water partition coefficient (Wildman–Crippen LogP) is 3.76. The smallest absolute Gasteiger partial charge is 0.156 e. The summed E-state index contributed by atoms with van der Waals surface area (Å²) in [5.41, 5.74) is 0.0493. The molecule has 0 saturated carbocycles. The largest absolute Gasteiger partial charge is 0.490 e. The maximum absolute atomic E-state index is 5.99. The monoisotopic (exact) mass is 261 g/mol. The Morgan fingerprint density at radius 3 is 2.31 bits per heavy atom. The minimum absolute atomic E-state index is 0.0493. The van der Waals surface area contributed by atoms with Crippen molar-refractivity contribution < 1.29 is 4.74 Å². The molecule has 0 unspecified atom stereocenters. The highest BCUT2D eigenvalue weighted by atomic mass is 35.5. The summed E-state index contributed by atoms with van der Waals surface area (Å²) in [6.07, 6.45) is 0.880. The second-order valence-electron chi connectivity index (χ2n) is 4.28. The topological polar surface area (TPSA) is 21.3 Å². The summed E-state index contributed by atoms with van der Waals surface area (Å²) in [6.45, 7) is 4.81. The van der Waals surface area contributed by atoms with Crippen LogP contribution >= 0.6 is 23.2 Å². The van der Waals surface area contributed by atoms with Crippen LogP contribution in [-0.2, 0) is 0 Å². The molecule has 1 rings (SSSR count). The Bertz CT molecular complexity index is 333. The highest BCUT2D eigenvalue weighted by Crippen LogP contribution is 2.32. The molecule has 0 bridgehead atoms. The molecule has 0 aliphatic carbocycles. The van der Waals surface area contributed by atoms with Gasteiger partial charge in [0.05, 0.1) is 16.7 Å². The zero-order valence-corrected chi connectivity index (χ0v) is 11.3. The highest BCUT2D eigenvalue weighted by molar-refractivity contribution is 6.37. The number of hydrogen-bond donors (Lipinski definition) is 1. The van der Waals surface area contributed by atoms with Crippen LogP contribution in [0.2, 0.25) is 10.0 Å². The van der Waals surface area contributed by atoms with Gasteiger partial charge in [-0.05, 0) is 39.4 Å². The van der Waals surface area contributed by atoms with Crippen molar-refractivity contribution in [2.24, 2.45) is 0 Å². The minimum Gasteiger partial charge on any atom is -0.490 e. The van der Waals surface area contributed by atoms with E-state index in [1.165, 1.54) is 0 Å². The van der Waals surface area contributed by atoms with Gasteiger partial charge in [-0.25, -0.2) is 0 Å². The molecule has 0 aromatic heterocycles. The molecule has 0 saturated heterocycles.